The smallest absolute Gasteiger partial charge is 0.178 e. The first-order valence-corrected chi connectivity index (χ1v) is 4.57. The molecule has 76 valence electrons. The molecule has 0 saturated carbocycles. The SMILES string of the molecule is COc1cc(F)c(C)c(C(=O)CCl)c1. The van der Waals surface area contributed by atoms with Crippen molar-refractivity contribution in [2.75, 3.05) is 13.0 Å². The first kappa shape index (κ1) is 11.0. The number of Topliss-reactive ketones (excluding diaryl/α,β-unsaturated/α-hetero) is 1. The Morgan fingerprint density at radius 3 is 2.71 bits per heavy atom. The van der Waals surface area contributed by atoms with Crippen molar-refractivity contribution in [2.45, 2.75) is 6.92 Å². The maximum Gasteiger partial charge on any atom is 0.178 e. The van der Waals surface area contributed by atoms with Crippen LogP contribution >= 0.6 is 11.6 Å². The third kappa shape index (κ3) is 2.04. The van der Waals surface area contributed by atoms with Gasteiger partial charge in [0.1, 0.15) is 11.6 Å². The molecule has 0 saturated heterocycles. The lowest BCUT2D eigenvalue weighted by Gasteiger charge is -2.07. The number of alkyl halides is 1. The van der Waals surface area contributed by atoms with Crippen LogP contribution in [0.2, 0.25) is 0 Å². The van der Waals surface area contributed by atoms with Crippen LogP contribution in [-0.2, 0) is 0 Å². The minimum absolute atomic E-state index is 0.159. The molecule has 0 aliphatic carbocycles. The fourth-order valence-corrected chi connectivity index (χ4v) is 1.28. The van der Waals surface area contributed by atoms with Crippen molar-refractivity contribution in [3.05, 3.63) is 29.1 Å². The van der Waals surface area contributed by atoms with Crippen LogP contribution in [0, 0.1) is 12.7 Å². The molecule has 1 rings (SSSR count). The lowest BCUT2D eigenvalue weighted by molar-refractivity contribution is 0.101. The highest BCUT2D eigenvalue weighted by molar-refractivity contribution is 6.30. The Morgan fingerprint density at radius 1 is 1.57 bits per heavy atom. The lowest BCUT2D eigenvalue weighted by atomic mass is 10.0. The Hall–Kier alpha value is -1.09. The van der Waals surface area contributed by atoms with E-state index in [0.29, 0.717) is 11.3 Å². The maximum atomic E-state index is 13.2. The molecule has 0 N–H and O–H groups in total. The number of hydrogen-bond donors (Lipinski definition) is 0. The van der Waals surface area contributed by atoms with Crippen LogP contribution in [0.25, 0.3) is 0 Å². The predicted octanol–water partition coefficient (Wildman–Crippen LogP) is 2.56. The van der Waals surface area contributed by atoms with Gasteiger partial charge in [0.2, 0.25) is 0 Å². The van der Waals surface area contributed by atoms with Crippen molar-refractivity contribution in [1.29, 1.82) is 0 Å². The number of carbonyl (C=O) groups excluding carboxylic acids is 1. The van der Waals surface area contributed by atoms with Gasteiger partial charge in [-0.1, -0.05) is 0 Å². The Balaban J connectivity index is 3.27. The molecule has 0 spiro atoms. The van der Waals surface area contributed by atoms with Crippen molar-refractivity contribution in [2.24, 2.45) is 0 Å². The summed E-state index contributed by atoms with van der Waals surface area (Å²) in [4.78, 5) is 11.3. The molecule has 1 aromatic carbocycles. The van der Waals surface area contributed by atoms with Gasteiger partial charge in [0.05, 0.1) is 13.0 Å². The number of ketones is 1. The zero-order chi connectivity index (χ0) is 10.7. The highest BCUT2D eigenvalue weighted by Crippen LogP contribution is 2.21. The Bertz CT molecular complexity index is 363. The van der Waals surface area contributed by atoms with Crippen LogP contribution in [0.15, 0.2) is 12.1 Å². The quantitative estimate of drug-likeness (QED) is 0.574. The van der Waals surface area contributed by atoms with Crippen LogP contribution in [0.1, 0.15) is 15.9 Å². The molecular formula is C10H10ClFO2. The van der Waals surface area contributed by atoms with Gasteiger partial charge in [-0.3, -0.25) is 4.79 Å². The molecule has 1 aromatic rings. The number of carbonyl (C=O) groups is 1. The second kappa shape index (κ2) is 4.42. The predicted molar refractivity (Wildman–Crippen MR) is 52.7 cm³/mol. The number of ether oxygens (including phenoxy) is 1. The van der Waals surface area contributed by atoms with E-state index < -0.39 is 5.82 Å². The van der Waals surface area contributed by atoms with Crippen LogP contribution < -0.4 is 4.74 Å². The van der Waals surface area contributed by atoms with E-state index in [1.54, 1.807) is 0 Å². The summed E-state index contributed by atoms with van der Waals surface area (Å²) < 4.78 is 18.1. The fraction of sp³-hybridized carbons (Fsp3) is 0.300. The van der Waals surface area contributed by atoms with E-state index >= 15 is 0 Å². The van der Waals surface area contributed by atoms with Gasteiger partial charge >= 0.3 is 0 Å². The van der Waals surface area contributed by atoms with Crippen LogP contribution in [0.5, 0.6) is 5.75 Å². The van der Waals surface area contributed by atoms with Gasteiger partial charge in [-0.2, -0.15) is 0 Å². The summed E-state index contributed by atoms with van der Waals surface area (Å²) in [6.07, 6.45) is 0. The third-order valence-electron chi connectivity index (χ3n) is 1.98. The van der Waals surface area contributed by atoms with E-state index in [2.05, 4.69) is 0 Å². The molecule has 0 radical (unpaired) electrons. The minimum Gasteiger partial charge on any atom is -0.497 e. The van der Waals surface area contributed by atoms with Crippen LogP contribution in [0.4, 0.5) is 4.39 Å². The summed E-state index contributed by atoms with van der Waals surface area (Å²) in [6, 6.07) is 2.73. The van der Waals surface area contributed by atoms with E-state index in [0.717, 1.165) is 0 Å². The van der Waals surface area contributed by atoms with E-state index in [1.807, 2.05) is 0 Å². The van der Waals surface area contributed by atoms with E-state index in [4.69, 9.17) is 16.3 Å². The van der Waals surface area contributed by atoms with Gasteiger partial charge in [0, 0.05) is 11.6 Å². The lowest BCUT2D eigenvalue weighted by Crippen LogP contribution is -2.05. The molecule has 14 heavy (non-hydrogen) atoms. The van der Waals surface area contributed by atoms with Crippen LogP contribution in [0.3, 0.4) is 0 Å². The van der Waals surface area contributed by atoms with Gasteiger partial charge in [0.15, 0.2) is 5.78 Å². The van der Waals surface area contributed by atoms with Crippen molar-refractivity contribution < 1.29 is 13.9 Å². The average molecular weight is 217 g/mol. The number of rotatable bonds is 3. The van der Waals surface area contributed by atoms with Crippen molar-refractivity contribution in [3.8, 4) is 5.75 Å². The number of methoxy groups -OCH3 is 1. The maximum absolute atomic E-state index is 13.2. The Labute approximate surface area is 86.6 Å². The van der Waals surface area contributed by atoms with E-state index in [1.165, 1.54) is 26.2 Å². The van der Waals surface area contributed by atoms with Crippen molar-refractivity contribution in [3.63, 3.8) is 0 Å². The van der Waals surface area contributed by atoms with Gasteiger partial charge in [-0.25, -0.2) is 4.39 Å². The number of benzene rings is 1. The topological polar surface area (TPSA) is 26.3 Å². The van der Waals surface area contributed by atoms with Gasteiger partial charge in [-0.05, 0) is 18.6 Å². The Morgan fingerprint density at radius 2 is 2.21 bits per heavy atom. The molecule has 0 heterocycles. The van der Waals surface area contributed by atoms with E-state index in [9.17, 15) is 9.18 Å². The van der Waals surface area contributed by atoms with Crippen molar-refractivity contribution >= 4 is 17.4 Å². The molecule has 0 unspecified atom stereocenters. The standard InChI is InChI=1S/C10H10ClFO2/c1-6-8(10(13)5-11)3-7(14-2)4-9(6)12/h3-4H,5H2,1-2H3. The molecule has 0 aliphatic heterocycles. The average Bonchev–Trinajstić information content (AvgIpc) is 2.20. The zero-order valence-electron chi connectivity index (χ0n) is 7.93. The van der Waals surface area contributed by atoms with Crippen molar-refractivity contribution in [1.82, 2.24) is 0 Å². The molecule has 0 bridgehead atoms. The molecule has 0 aliphatic rings. The van der Waals surface area contributed by atoms with E-state index in [-0.39, 0.29) is 17.2 Å². The zero-order valence-corrected chi connectivity index (χ0v) is 8.69. The second-order valence-electron chi connectivity index (χ2n) is 2.84. The molecule has 0 amide bonds. The highest BCUT2D eigenvalue weighted by Gasteiger charge is 2.13. The normalized spacial score (nSPS) is 10.0. The summed E-state index contributed by atoms with van der Waals surface area (Å²) in [7, 11) is 1.42. The number of hydrogen-bond acceptors (Lipinski definition) is 2. The second-order valence-corrected chi connectivity index (χ2v) is 3.11. The molecule has 4 heteroatoms. The fourth-order valence-electron chi connectivity index (χ4n) is 1.13. The summed E-state index contributed by atoms with van der Waals surface area (Å²) in [5.74, 6) is -0.602. The first-order chi connectivity index (χ1) is 6.60. The largest absolute Gasteiger partial charge is 0.497 e. The van der Waals surface area contributed by atoms with Gasteiger partial charge in [-0.15, -0.1) is 11.6 Å². The summed E-state index contributed by atoms with van der Waals surface area (Å²) >= 11 is 5.39. The monoisotopic (exact) mass is 216 g/mol. The summed E-state index contributed by atoms with van der Waals surface area (Å²) in [5, 5.41) is 0. The van der Waals surface area contributed by atoms with Gasteiger partial charge < -0.3 is 4.74 Å². The third-order valence-corrected chi connectivity index (χ3v) is 2.22. The molecule has 2 nitrogen and oxygen atoms in total. The first-order valence-electron chi connectivity index (χ1n) is 4.03. The van der Waals surface area contributed by atoms with Crippen LogP contribution in [-0.4, -0.2) is 18.8 Å². The molecule has 0 aromatic heterocycles. The highest BCUT2D eigenvalue weighted by atomic mass is 35.5. The summed E-state index contributed by atoms with van der Waals surface area (Å²) in [5.41, 5.74) is 0.577. The van der Waals surface area contributed by atoms with Gasteiger partial charge in [0.25, 0.3) is 0 Å². The molecule has 0 atom stereocenters. The Kier molecular flexibility index (Phi) is 3.47. The summed E-state index contributed by atoms with van der Waals surface area (Å²) in [6.45, 7) is 1.54. The minimum atomic E-state index is -0.460. The molecule has 0 fully saturated rings. The molecular weight excluding hydrogens is 207 g/mol. The number of halogens is 2.